The van der Waals surface area contributed by atoms with Gasteiger partial charge in [-0.1, -0.05) is 55.5 Å². The number of nitrogens with one attached hydrogen (secondary N) is 1. The summed E-state index contributed by atoms with van der Waals surface area (Å²) in [6.07, 6.45) is 1.20. The molecule has 1 N–H and O–H groups in total. The number of hydrogen-bond acceptors (Lipinski definition) is 2. The quantitative estimate of drug-likeness (QED) is 0.806. The van der Waals surface area contributed by atoms with Gasteiger partial charge in [-0.05, 0) is 36.0 Å². The molecule has 1 aliphatic carbocycles. The zero-order valence-corrected chi connectivity index (χ0v) is 13.6. The summed E-state index contributed by atoms with van der Waals surface area (Å²) in [6.45, 7) is 2.26. The number of hydrogen-bond donors (Lipinski definition) is 1. The second-order valence-electron chi connectivity index (χ2n) is 5.93. The molecule has 0 spiro atoms. The van der Waals surface area contributed by atoms with Gasteiger partial charge in [-0.3, -0.25) is 4.79 Å². The van der Waals surface area contributed by atoms with Crippen LogP contribution in [0.15, 0.2) is 65.6 Å². The van der Waals surface area contributed by atoms with Crippen molar-refractivity contribution in [2.45, 2.75) is 24.3 Å². The van der Waals surface area contributed by atoms with Gasteiger partial charge in [-0.15, -0.1) is 11.8 Å². The number of carbonyl (C=O) groups excluding carboxylic acids is 1. The van der Waals surface area contributed by atoms with Crippen molar-refractivity contribution in [3.05, 3.63) is 66.2 Å². The van der Waals surface area contributed by atoms with E-state index in [9.17, 15) is 4.79 Å². The molecule has 0 aliphatic heterocycles. The first kappa shape index (κ1) is 15.2. The predicted molar refractivity (Wildman–Crippen MR) is 91.8 cm³/mol. The van der Waals surface area contributed by atoms with Crippen LogP contribution in [0.5, 0.6) is 0 Å². The van der Waals surface area contributed by atoms with E-state index in [0.29, 0.717) is 17.6 Å². The van der Waals surface area contributed by atoms with E-state index in [4.69, 9.17) is 0 Å². The first-order valence-corrected chi connectivity index (χ1v) is 8.75. The lowest BCUT2D eigenvalue weighted by atomic mass is 10.0. The molecule has 1 amide bonds. The second-order valence-corrected chi connectivity index (χ2v) is 6.98. The van der Waals surface area contributed by atoms with Crippen molar-refractivity contribution in [1.82, 2.24) is 5.32 Å². The van der Waals surface area contributed by atoms with Gasteiger partial charge in [-0.25, -0.2) is 0 Å². The molecule has 3 atom stereocenters. The smallest absolute Gasteiger partial charge is 0.230 e. The van der Waals surface area contributed by atoms with Crippen molar-refractivity contribution < 1.29 is 4.79 Å². The molecule has 1 saturated carbocycles. The lowest BCUT2D eigenvalue weighted by Crippen LogP contribution is -2.31. The lowest BCUT2D eigenvalue weighted by molar-refractivity contribution is -0.119. The summed E-state index contributed by atoms with van der Waals surface area (Å²) in [4.78, 5) is 13.4. The summed E-state index contributed by atoms with van der Waals surface area (Å²) < 4.78 is 0. The van der Waals surface area contributed by atoms with E-state index >= 15 is 0 Å². The summed E-state index contributed by atoms with van der Waals surface area (Å²) >= 11 is 1.59. The Hall–Kier alpha value is -1.74. The first-order chi connectivity index (χ1) is 10.7. The highest BCUT2D eigenvalue weighted by Gasteiger charge is 2.40. The summed E-state index contributed by atoms with van der Waals surface area (Å²) in [5, 5.41) is 3.24. The summed E-state index contributed by atoms with van der Waals surface area (Å²) in [7, 11) is 0. The molecular formula is C19H21NOS. The molecule has 0 radical (unpaired) electrons. The van der Waals surface area contributed by atoms with Gasteiger partial charge in [-0.2, -0.15) is 0 Å². The Morgan fingerprint density at radius 1 is 1.14 bits per heavy atom. The van der Waals surface area contributed by atoms with Gasteiger partial charge >= 0.3 is 0 Å². The van der Waals surface area contributed by atoms with Gasteiger partial charge in [0.05, 0.1) is 11.8 Å². The van der Waals surface area contributed by atoms with E-state index in [2.05, 4.69) is 24.4 Å². The zero-order chi connectivity index (χ0) is 15.4. The highest BCUT2D eigenvalue weighted by Crippen LogP contribution is 2.46. The van der Waals surface area contributed by atoms with E-state index in [-0.39, 0.29) is 11.9 Å². The monoisotopic (exact) mass is 311 g/mol. The topological polar surface area (TPSA) is 29.1 Å². The number of carbonyl (C=O) groups is 1. The van der Waals surface area contributed by atoms with Crippen LogP contribution < -0.4 is 5.32 Å². The number of benzene rings is 2. The molecule has 2 aromatic carbocycles. The number of amides is 1. The number of thioether (sulfide) groups is 1. The van der Waals surface area contributed by atoms with Crippen LogP contribution in [0, 0.1) is 11.8 Å². The Labute approximate surface area is 136 Å². The van der Waals surface area contributed by atoms with Crippen molar-refractivity contribution in [3.8, 4) is 0 Å². The predicted octanol–water partition coefficient (Wildman–Crippen LogP) is 4.29. The van der Waals surface area contributed by atoms with Gasteiger partial charge in [0.25, 0.3) is 0 Å². The minimum absolute atomic E-state index is 0.113. The van der Waals surface area contributed by atoms with E-state index < -0.39 is 0 Å². The Balaban J connectivity index is 1.60. The highest BCUT2D eigenvalue weighted by molar-refractivity contribution is 8.00. The largest absolute Gasteiger partial charge is 0.348 e. The minimum atomic E-state index is 0.113. The van der Waals surface area contributed by atoms with Crippen molar-refractivity contribution in [3.63, 3.8) is 0 Å². The fourth-order valence-corrected chi connectivity index (χ4v) is 3.52. The van der Waals surface area contributed by atoms with Gasteiger partial charge < -0.3 is 5.32 Å². The molecule has 1 aliphatic rings. The maximum atomic E-state index is 12.3. The molecule has 0 aromatic heterocycles. The van der Waals surface area contributed by atoms with Crippen LogP contribution >= 0.6 is 11.8 Å². The Kier molecular flexibility index (Phi) is 4.84. The molecule has 3 heteroatoms. The number of rotatable bonds is 6. The molecule has 0 heterocycles. The molecule has 114 valence electrons. The van der Waals surface area contributed by atoms with Crippen molar-refractivity contribution in [1.29, 1.82) is 0 Å². The highest BCUT2D eigenvalue weighted by atomic mass is 32.2. The van der Waals surface area contributed by atoms with Gasteiger partial charge in [0.2, 0.25) is 5.91 Å². The first-order valence-electron chi connectivity index (χ1n) is 7.76. The van der Waals surface area contributed by atoms with Crippen LogP contribution in [0.3, 0.4) is 0 Å². The SMILES string of the molecule is CC1CC1C(NC(=O)CSc1ccccc1)c1ccccc1. The molecule has 2 nitrogen and oxygen atoms in total. The molecule has 0 bridgehead atoms. The van der Waals surface area contributed by atoms with Gasteiger partial charge in [0.1, 0.15) is 0 Å². The molecular weight excluding hydrogens is 290 g/mol. The Morgan fingerprint density at radius 2 is 1.73 bits per heavy atom. The fraction of sp³-hybridized carbons (Fsp3) is 0.316. The second kappa shape index (κ2) is 7.01. The van der Waals surface area contributed by atoms with Crippen molar-refractivity contribution in [2.75, 3.05) is 5.75 Å². The maximum absolute atomic E-state index is 12.3. The summed E-state index contributed by atoms with van der Waals surface area (Å²) in [5.41, 5.74) is 1.22. The molecule has 3 unspecified atom stereocenters. The van der Waals surface area contributed by atoms with Crippen molar-refractivity contribution in [2.24, 2.45) is 11.8 Å². The van der Waals surface area contributed by atoms with E-state index in [1.54, 1.807) is 11.8 Å². The van der Waals surface area contributed by atoms with Crippen LogP contribution in [0.2, 0.25) is 0 Å². The zero-order valence-electron chi connectivity index (χ0n) is 12.7. The molecule has 3 rings (SSSR count). The fourth-order valence-electron chi connectivity index (χ4n) is 2.79. The molecule has 1 fully saturated rings. The van der Waals surface area contributed by atoms with E-state index in [0.717, 1.165) is 4.90 Å². The molecule has 0 saturated heterocycles. The van der Waals surface area contributed by atoms with Crippen LogP contribution in [0.4, 0.5) is 0 Å². The summed E-state index contributed by atoms with van der Waals surface area (Å²) in [5.74, 6) is 1.86. The standard InChI is InChI=1S/C19H21NOS/c1-14-12-17(14)19(15-8-4-2-5-9-15)20-18(21)13-22-16-10-6-3-7-11-16/h2-11,14,17,19H,12-13H2,1H3,(H,20,21). The third-order valence-electron chi connectivity index (χ3n) is 4.19. The van der Waals surface area contributed by atoms with Gasteiger partial charge in [0.15, 0.2) is 0 Å². The van der Waals surface area contributed by atoms with E-state index in [1.807, 2.05) is 48.5 Å². The Bertz CT molecular complexity index is 614. The summed E-state index contributed by atoms with van der Waals surface area (Å²) in [6, 6.07) is 20.5. The minimum Gasteiger partial charge on any atom is -0.348 e. The van der Waals surface area contributed by atoms with Crippen LogP contribution in [0.1, 0.15) is 24.9 Å². The lowest BCUT2D eigenvalue weighted by Gasteiger charge is -2.19. The third-order valence-corrected chi connectivity index (χ3v) is 5.20. The van der Waals surface area contributed by atoms with Crippen LogP contribution in [-0.4, -0.2) is 11.7 Å². The Morgan fingerprint density at radius 3 is 2.32 bits per heavy atom. The third kappa shape index (κ3) is 3.92. The average Bonchev–Trinajstić information content (AvgIpc) is 3.29. The molecule has 22 heavy (non-hydrogen) atoms. The average molecular weight is 311 g/mol. The van der Waals surface area contributed by atoms with Crippen LogP contribution in [0.25, 0.3) is 0 Å². The van der Waals surface area contributed by atoms with Gasteiger partial charge in [0, 0.05) is 4.90 Å². The molecule has 2 aromatic rings. The normalized spacial score (nSPS) is 21.1. The van der Waals surface area contributed by atoms with Crippen LogP contribution in [-0.2, 0) is 4.79 Å². The van der Waals surface area contributed by atoms with E-state index in [1.165, 1.54) is 12.0 Å². The van der Waals surface area contributed by atoms with Crippen molar-refractivity contribution >= 4 is 17.7 Å². The maximum Gasteiger partial charge on any atom is 0.230 e.